The van der Waals surface area contributed by atoms with Crippen LogP contribution < -0.4 is 5.73 Å². The highest BCUT2D eigenvalue weighted by atomic mass is 35.5. The Morgan fingerprint density at radius 3 is 2.33 bits per heavy atom. The quantitative estimate of drug-likeness (QED) is 0.680. The third-order valence-corrected chi connectivity index (χ3v) is 3.04. The molecule has 0 radical (unpaired) electrons. The molecule has 0 aliphatic carbocycles. The molecule has 0 bridgehead atoms. The van der Waals surface area contributed by atoms with Crippen LogP contribution in [0.3, 0.4) is 0 Å². The van der Waals surface area contributed by atoms with Crippen LogP contribution >= 0.6 is 11.6 Å². The van der Waals surface area contributed by atoms with Crippen molar-refractivity contribution in [2.45, 2.75) is 0 Å². The highest BCUT2D eigenvalue weighted by molar-refractivity contribution is 6.35. The Bertz CT molecular complexity index is 713. The molecule has 1 aromatic carbocycles. The lowest BCUT2D eigenvalue weighted by Crippen LogP contribution is -1.97. The number of halogens is 1. The van der Waals surface area contributed by atoms with E-state index in [9.17, 15) is 0 Å². The molecule has 0 amide bonds. The SMILES string of the molecule is Nc1c(-c2ccccc2)nc(Cl)c2cnncc12. The normalized spacial score (nSPS) is 10.7. The molecule has 3 rings (SSSR count). The molecule has 0 saturated carbocycles. The van der Waals surface area contributed by atoms with E-state index in [-0.39, 0.29) is 0 Å². The third-order valence-electron chi connectivity index (χ3n) is 2.76. The summed E-state index contributed by atoms with van der Waals surface area (Å²) < 4.78 is 0. The monoisotopic (exact) mass is 256 g/mol. The number of aromatic nitrogens is 3. The van der Waals surface area contributed by atoms with Crippen LogP contribution in [-0.4, -0.2) is 15.2 Å². The number of rotatable bonds is 1. The second kappa shape index (κ2) is 4.23. The summed E-state index contributed by atoms with van der Waals surface area (Å²) in [5.41, 5.74) is 8.29. The zero-order valence-electron chi connectivity index (χ0n) is 9.34. The Balaban J connectivity index is 2.35. The first-order valence-corrected chi connectivity index (χ1v) is 5.76. The van der Waals surface area contributed by atoms with Crippen molar-refractivity contribution < 1.29 is 0 Å². The summed E-state index contributed by atoms with van der Waals surface area (Å²) in [6.45, 7) is 0. The van der Waals surface area contributed by atoms with E-state index in [1.165, 1.54) is 0 Å². The standard InChI is InChI=1S/C13H9ClN4/c14-13-10-7-17-16-6-9(10)11(15)12(18-13)8-4-2-1-3-5-8/h1-7H,15H2. The molecule has 0 spiro atoms. The van der Waals surface area contributed by atoms with Crippen molar-refractivity contribution in [3.05, 3.63) is 47.9 Å². The van der Waals surface area contributed by atoms with Crippen LogP contribution in [0.5, 0.6) is 0 Å². The Morgan fingerprint density at radius 1 is 0.944 bits per heavy atom. The lowest BCUT2D eigenvalue weighted by Gasteiger charge is -2.09. The van der Waals surface area contributed by atoms with Crippen LogP contribution in [0, 0.1) is 0 Å². The van der Waals surface area contributed by atoms with Gasteiger partial charge in [-0.25, -0.2) is 4.98 Å². The zero-order valence-corrected chi connectivity index (χ0v) is 10.1. The van der Waals surface area contributed by atoms with E-state index >= 15 is 0 Å². The molecular formula is C13H9ClN4. The van der Waals surface area contributed by atoms with Crippen LogP contribution in [0.15, 0.2) is 42.7 Å². The fraction of sp³-hybridized carbons (Fsp3) is 0. The Labute approximate surface area is 108 Å². The highest BCUT2D eigenvalue weighted by Crippen LogP contribution is 2.33. The van der Waals surface area contributed by atoms with Gasteiger partial charge in [-0.2, -0.15) is 10.2 Å². The minimum Gasteiger partial charge on any atom is -0.396 e. The minimum absolute atomic E-state index is 0.382. The van der Waals surface area contributed by atoms with Gasteiger partial charge in [0.25, 0.3) is 0 Å². The molecule has 0 unspecified atom stereocenters. The molecule has 0 aliphatic rings. The van der Waals surface area contributed by atoms with Crippen LogP contribution in [0.25, 0.3) is 22.0 Å². The van der Waals surface area contributed by atoms with Gasteiger partial charge < -0.3 is 5.73 Å². The molecule has 3 aromatic rings. The fourth-order valence-corrected chi connectivity index (χ4v) is 2.10. The largest absolute Gasteiger partial charge is 0.396 e. The van der Waals surface area contributed by atoms with E-state index < -0.39 is 0 Å². The average Bonchev–Trinajstić information content (AvgIpc) is 2.44. The van der Waals surface area contributed by atoms with Crippen LogP contribution in [0.1, 0.15) is 0 Å². The molecule has 5 heteroatoms. The first kappa shape index (κ1) is 10.9. The van der Waals surface area contributed by atoms with Crippen molar-refractivity contribution in [2.75, 3.05) is 5.73 Å². The summed E-state index contributed by atoms with van der Waals surface area (Å²) in [6, 6.07) is 9.68. The fourth-order valence-electron chi connectivity index (χ4n) is 1.86. The van der Waals surface area contributed by atoms with Gasteiger partial charge in [-0.1, -0.05) is 41.9 Å². The number of hydrogen-bond acceptors (Lipinski definition) is 4. The molecule has 0 saturated heterocycles. The summed E-state index contributed by atoms with van der Waals surface area (Å²) in [6.07, 6.45) is 3.17. The van der Waals surface area contributed by atoms with Gasteiger partial charge in [-0.3, -0.25) is 0 Å². The second-order valence-electron chi connectivity index (χ2n) is 3.85. The van der Waals surface area contributed by atoms with Gasteiger partial charge in [0, 0.05) is 16.3 Å². The Morgan fingerprint density at radius 2 is 1.61 bits per heavy atom. The molecule has 2 heterocycles. The summed E-state index contributed by atoms with van der Waals surface area (Å²) in [7, 11) is 0. The number of nitrogens with zero attached hydrogens (tertiary/aromatic N) is 3. The van der Waals surface area contributed by atoms with Crippen LogP contribution in [0.2, 0.25) is 5.15 Å². The maximum absolute atomic E-state index is 6.15. The number of hydrogen-bond donors (Lipinski definition) is 1. The van der Waals surface area contributed by atoms with Crippen molar-refractivity contribution in [3.63, 3.8) is 0 Å². The van der Waals surface area contributed by atoms with E-state index in [1.54, 1.807) is 12.4 Å². The van der Waals surface area contributed by atoms with Gasteiger partial charge in [0.15, 0.2) is 0 Å². The summed E-state index contributed by atoms with van der Waals surface area (Å²) in [5.74, 6) is 0. The number of benzene rings is 1. The smallest absolute Gasteiger partial charge is 0.139 e. The first-order valence-electron chi connectivity index (χ1n) is 5.38. The predicted octanol–water partition coefficient (Wildman–Crippen LogP) is 2.93. The zero-order chi connectivity index (χ0) is 12.5. The summed E-state index contributed by atoms with van der Waals surface area (Å²) in [4.78, 5) is 4.34. The molecule has 4 nitrogen and oxygen atoms in total. The molecule has 0 atom stereocenters. The number of nitrogens with two attached hydrogens (primary N) is 1. The lowest BCUT2D eigenvalue weighted by molar-refractivity contribution is 1.05. The van der Waals surface area contributed by atoms with Gasteiger partial charge in [0.2, 0.25) is 0 Å². The van der Waals surface area contributed by atoms with Crippen molar-refractivity contribution in [2.24, 2.45) is 0 Å². The van der Waals surface area contributed by atoms with Crippen molar-refractivity contribution in [1.82, 2.24) is 15.2 Å². The topological polar surface area (TPSA) is 64.7 Å². The number of pyridine rings is 1. The van der Waals surface area contributed by atoms with E-state index in [0.717, 1.165) is 10.9 Å². The van der Waals surface area contributed by atoms with Gasteiger partial charge in [0.05, 0.1) is 23.8 Å². The van der Waals surface area contributed by atoms with Crippen molar-refractivity contribution in [3.8, 4) is 11.3 Å². The molecule has 0 fully saturated rings. The second-order valence-corrected chi connectivity index (χ2v) is 4.21. The van der Waals surface area contributed by atoms with E-state index in [2.05, 4.69) is 15.2 Å². The van der Waals surface area contributed by atoms with Crippen molar-refractivity contribution >= 4 is 28.1 Å². The lowest BCUT2D eigenvalue weighted by atomic mass is 10.1. The highest BCUT2D eigenvalue weighted by Gasteiger charge is 2.12. The Hall–Kier alpha value is -2.20. The van der Waals surface area contributed by atoms with Gasteiger partial charge in [0.1, 0.15) is 5.15 Å². The maximum atomic E-state index is 6.15. The predicted molar refractivity (Wildman–Crippen MR) is 72.2 cm³/mol. The molecule has 2 N–H and O–H groups in total. The number of anilines is 1. The summed E-state index contributed by atoms with van der Waals surface area (Å²) in [5, 5.41) is 9.48. The average molecular weight is 257 g/mol. The number of fused-ring (bicyclic) bond motifs is 1. The van der Waals surface area contributed by atoms with Crippen LogP contribution in [-0.2, 0) is 0 Å². The molecule has 0 aliphatic heterocycles. The first-order chi connectivity index (χ1) is 8.77. The van der Waals surface area contributed by atoms with E-state index in [1.807, 2.05) is 30.3 Å². The molecule has 88 valence electrons. The maximum Gasteiger partial charge on any atom is 0.139 e. The van der Waals surface area contributed by atoms with E-state index in [0.29, 0.717) is 21.9 Å². The van der Waals surface area contributed by atoms with Crippen molar-refractivity contribution in [1.29, 1.82) is 0 Å². The third kappa shape index (κ3) is 1.67. The molecule has 18 heavy (non-hydrogen) atoms. The number of nitrogen functional groups attached to an aromatic ring is 1. The summed E-state index contributed by atoms with van der Waals surface area (Å²) >= 11 is 6.15. The minimum atomic E-state index is 0.382. The molecule has 2 aromatic heterocycles. The van der Waals surface area contributed by atoms with Gasteiger partial charge >= 0.3 is 0 Å². The Kier molecular flexibility index (Phi) is 2.57. The van der Waals surface area contributed by atoms with Gasteiger partial charge in [-0.05, 0) is 0 Å². The molecular weight excluding hydrogens is 248 g/mol. The van der Waals surface area contributed by atoms with Crippen LogP contribution in [0.4, 0.5) is 5.69 Å². The van der Waals surface area contributed by atoms with Gasteiger partial charge in [-0.15, -0.1) is 0 Å². The van der Waals surface area contributed by atoms with E-state index in [4.69, 9.17) is 17.3 Å².